The van der Waals surface area contributed by atoms with Gasteiger partial charge in [-0.2, -0.15) is 0 Å². The first-order valence-corrected chi connectivity index (χ1v) is 11.2. The number of carbonyl (C=O) groups excluding carboxylic acids is 3. The Morgan fingerprint density at radius 3 is 2.36 bits per heavy atom. The zero-order valence-corrected chi connectivity index (χ0v) is 18.2. The molecule has 1 atom stereocenters. The molecule has 2 N–H and O–H groups in total. The molecule has 6 nitrogen and oxygen atoms in total. The average molecular weight is 440 g/mol. The molecule has 1 heterocycles. The van der Waals surface area contributed by atoms with E-state index in [0.29, 0.717) is 17.7 Å². The summed E-state index contributed by atoms with van der Waals surface area (Å²) in [6.45, 7) is -0.342. The predicted octanol–water partition coefficient (Wildman–Crippen LogP) is 3.80. The molecule has 2 aliphatic rings. The summed E-state index contributed by atoms with van der Waals surface area (Å²) in [5.41, 5.74) is 3.59. The first kappa shape index (κ1) is 20.9. The number of hydrogen-bond acceptors (Lipinski definition) is 3. The average Bonchev–Trinajstić information content (AvgIpc) is 3.39. The van der Waals surface area contributed by atoms with Crippen LogP contribution in [0.25, 0.3) is 0 Å². The van der Waals surface area contributed by atoms with Crippen molar-refractivity contribution in [2.45, 2.75) is 31.2 Å². The van der Waals surface area contributed by atoms with Crippen LogP contribution in [0.5, 0.6) is 0 Å². The number of aryl methyl sites for hydroxylation is 2. The van der Waals surface area contributed by atoms with Crippen LogP contribution in [0.15, 0.2) is 78.9 Å². The van der Waals surface area contributed by atoms with Gasteiger partial charge in [-0.3, -0.25) is 14.5 Å². The first-order chi connectivity index (χ1) is 16.0. The Hall–Kier alpha value is -3.93. The number of benzene rings is 3. The summed E-state index contributed by atoms with van der Waals surface area (Å²) in [5.74, 6) is -0.827. The van der Waals surface area contributed by atoms with Gasteiger partial charge in [-0.25, -0.2) is 4.79 Å². The minimum Gasteiger partial charge on any atom is -0.325 e. The van der Waals surface area contributed by atoms with Gasteiger partial charge in [-0.05, 0) is 53.6 Å². The summed E-state index contributed by atoms with van der Waals surface area (Å²) >= 11 is 0. The van der Waals surface area contributed by atoms with Crippen LogP contribution in [0.1, 0.15) is 28.7 Å². The fraction of sp³-hybridized carbons (Fsp3) is 0.222. The molecule has 1 saturated heterocycles. The number of amides is 4. The van der Waals surface area contributed by atoms with Gasteiger partial charge in [0, 0.05) is 12.1 Å². The number of anilines is 1. The molecular weight excluding hydrogens is 414 g/mol. The van der Waals surface area contributed by atoms with E-state index in [1.54, 1.807) is 0 Å². The third-order valence-corrected chi connectivity index (χ3v) is 6.44. The molecule has 3 aromatic carbocycles. The van der Waals surface area contributed by atoms with Gasteiger partial charge in [0.25, 0.3) is 5.91 Å². The van der Waals surface area contributed by atoms with Gasteiger partial charge in [-0.15, -0.1) is 0 Å². The predicted molar refractivity (Wildman–Crippen MR) is 126 cm³/mol. The van der Waals surface area contributed by atoms with E-state index >= 15 is 0 Å². The molecule has 1 fully saturated rings. The van der Waals surface area contributed by atoms with E-state index in [0.717, 1.165) is 29.7 Å². The van der Waals surface area contributed by atoms with Gasteiger partial charge >= 0.3 is 6.03 Å². The second-order valence-corrected chi connectivity index (χ2v) is 8.64. The van der Waals surface area contributed by atoms with Crippen molar-refractivity contribution in [1.82, 2.24) is 10.2 Å². The summed E-state index contributed by atoms with van der Waals surface area (Å²) in [6.07, 6.45) is 3.49. The van der Waals surface area contributed by atoms with Gasteiger partial charge in [-0.1, -0.05) is 66.7 Å². The third-order valence-electron chi connectivity index (χ3n) is 6.44. The molecule has 0 unspecified atom stereocenters. The number of hydrogen-bond donors (Lipinski definition) is 2. The summed E-state index contributed by atoms with van der Waals surface area (Å²) in [4.78, 5) is 40.4. The molecule has 0 saturated carbocycles. The van der Waals surface area contributed by atoms with Crippen LogP contribution in [0, 0.1) is 0 Å². The van der Waals surface area contributed by atoms with Crippen LogP contribution in [0.4, 0.5) is 10.5 Å². The van der Waals surface area contributed by atoms with Crippen molar-refractivity contribution in [2.75, 3.05) is 11.9 Å². The molecule has 0 spiro atoms. The Labute approximate surface area is 192 Å². The number of carbonyl (C=O) groups is 3. The van der Waals surface area contributed by atoms with Crippen LogP contribution in [-0.4, -0.2) is 29.3 Å². The Morgan fingerprint density at radius 1 is 0.909 bits per heavy atom. The Kier molecular flexibility index (Phi) is 5.42. The lowest BCUT2D eigenvalue weighted by Gasteiger charge is -2.27. The summed E-state index contributed by atoms with van der Waals surface area (Å²) in [5, 5.41) is 5.74. The standard InChI is InChI=1S/C27H25N3O3/c31-24(28-23-15-14-20-10-7-11-21(20)16-23)18-30-25(32)27(29-26(30)33,22-12-5-2-6-13-22)17-19-8-3-1-4-9-19/h1-6,8-9,12-16H,7,10-11,17-18H2,(H,28,31)(H,29,33)/t27-/m1/s1. The normalized spacial score (nSPS) is 19.3. The lowest BCUT2D eigenvalue weighted by Crippen LogP contribution is -2.46. The molecule has 1 aliphatic heterocycles. The Morgan fingerprint density at radius 2 is 1.61 bits per heavy atom. The monoisotopic (exact) mass is 439 g/mol. The fourth-order valence-corrected chi connectivity index (χ4v) is 4.81. The molecule has 6 heteroatoms. The second-order valence-electron chi connectivity index (χ2n) is 8.64. The smallest absolute Gasteiger partial charge is 0.325 e. The van der Waals surface area contributed by atoms with Gasteiger partial charge in [0.2, 0.25) is 5.91 Å². The maximum atomic E-state index is 13.6. The molecule has 5 rings (SSSR count). The van der Waals surface area contributed by atoms with Crippen molar-refractivity contribution < 1.29 is 14.4 Å². The molecule has 33 heavy (non-hydrogen) atoms. The van der Waals surface area contributed by atoms with E-state index in [1.807, 2.05) is 78.9 Å². The molecule has 166 valence electrons. The lowest BCUT2D eigenvalue weighted by molar-refractivity contribution is -0.134. The van der Waals surface area contributed by atoms with Crippen molar-refractivity contribution in [3.63, 3.8) is 0 Å². The molecule has 1 aliphatic carbocycles. The van der Waals surface area contributed by atoms with Gasteiger partial charge in [0.05, 0.1) is 0 Å². The number of nitrogens with one attached hydrogen (secondary N) is 2. The topological polar surface area (TPSA) is 78.5 Å². The zero-order valence-electron chi connectivity index (χ0n) is 18.2. The van der Waals surface area contributed by atoms with Crippen molar-refractivity contribution in [1.29, 1.82) is 0 Å². The molecule has 0 bridgehead atoms. The number of nitrogens with zero attached hydrogens (tertiary/aromatic N) is 1. The van der Waals surface area contributed by atoms with Gasteiger partial charge in [0.15, 0.2) is 5.54 Å². The van der Waals surface area contributed by atoms with Crippen molar-refractivity contribution in [3.8, 4) is 0 Å². The summed E-state index contributed by atoms with van der Waals surface area (Å²) < 4.78 is 0. The highest BCUT2D eigenvalue weighted by Gasteiger charge is 2.52. The maximum absolute atomic E-state index is 13.6. The highest BCUT2D eigenvalue weighted by Crippen LogP contribution is 2.33. The second kappa shape index (κ2) is 8.54. The SMILES string of the molecule is O=C(CN1C(=O)N[C@](Cc2ccccc2)(c2ccccc2)C1=O)Nc1ccc2c(c1)CCC2. The molecule has 0 aromatic heterocycles. The third kappa shape index (κ3) is 4.00. The Bertz CT molecular complexity index is 1210. The summed E-state index contributed by atoms with van der Waals surface area (Å²) in [6, 6.07) is 24.1. The minimum atomic E-state index is -1.26. The van der Waals surface area contributed by atoms with E-state index in [1.165, 1.54) is 11.1 Å². The van der Waals surface area contributed by atoms with Crippen LogP contribution in [0.3, 0.4) is 0 Å². The minimum absolute atomic E-state index is 0.297. The van der Waals surface area contributed by atoms with E-state index < -0.39 is 23.4 Å². The van der Waals surface area contributed by atoms with Crippen LogP contribution in [0.2, 0.25) is 0 Å². The summed E-state index contributed by atoms with van der Waals surface area (Å²) in [7, 11) is 0. The van der Waals surface area contributed by atoms with Gasteiger partial charge in [0.1, 0.15) is 6.54 Å². The molecule has 3 aromatic rings. The van der Waals surface area contributed by atoms with Crippen molar-refractivity contribution in [3.05, 3.63) is 101 Å². The van der Waals surface area contributed by atoms with Crippen LogP contribution >= 0.6 is 0 Å². The van der Waals surface area contributed by atoms with Crippen molar-refractivity contribution >= 4 is 23.5 Å². The first-order valence-electron chi connectivity index (χ1n) is 11.2. The molecule has 4 amide bonds. The van der Waals surface area contributed by atoms with E-state index in [9.17, 15) is 14.4 Å². The Balaban J connectivity index is 1.38. The highest BCUT2D eigenvalue weighted by molar-refractivity contribution is 6.10. The fourth-order valence-electron chi connectivity index (χ4n) is 4.81. The lowest BCUT2D eigenvalue weighted by atomic mass is 9.83. The number of rotatable bonds is 6. The zero-order chi connectivity index (χ0) is 22.8. The van der Waals surface area contributed by atoms with E-state index in [2.05, 4.69) is 10.6 Å². The quantitative estimate of drug-likeness (QED) is 0.574. The largest absolute Gasteiger partial charge is 0.325 e. The number of imide groups is 1. The van der Waals surface area contributed by atoms with Crippen molar-refractivity contribution in [2.24, 2.45) is 0 Å². The van der Waals surface area contributed by atoms with Crippen LogP contribution < -0.4 is 10.6 Å². The highest BCUT2D eigenvalue weighted by atomic mass is 16.2. The molecule has 0 radical (unpaired) electrons. The van der Waals surface area contributed by atoms with E-state index in [4.69, 9.17) is 0 Å². The van der Waals surface area contributed by atoms with E-state index in [-0.39, 0.29) is 6.54 Å². The molecular formula is C27H25N3O3. The number of fused-ring (bicyclic) bond motifs is 1. The number of urea groups is 1. The van der Waals surface area contributed by atoms with Gasteiger partial charge < -0.3 is 10.6 Å². The van der Waals surface area contributed by atoms with Crippen LogP contribution in [-0.2, 0) is 34.4 Å². The maximum Gasteiger partial charge on any atom is 0.325 e.